The van der Waals surface area contributed by atoms with Gasteiger partial charge in [-0.1, -0.05) is 40.9 Å². The molecule has 3 rings (SSSR count). The number of carbonyl (C=O) groups is 1. The predicted molar refractivity (Wildman–Crippen MR) is 134 cm³/mol. The van der Waals surface area contributed by atoms with Crippen molar-refractivity contribution in [3.63, 3.8) is 0 Å². The molecule has 2 aromatic carbocycles. The minimum atomic E-state index is -3.92. The number of aromatic nitrogens is 1. The molecule has 0 spiro atoms. The second kappa shape index (κ2) is 10.4. The van der Waals surface area contributed by atoms with Crippen molar-refractivity contribution in [2.45, 2.75) is 4.90 Å². The van der Waals surface area contributed by atoms with Gasteiger partial charge in [-0.3, -0.25) is 13.8 Å². The molecule has 0 bridgehead atoms. The van der Waals surface area contributed by atoms with E-state index in [1.54, 1.807) is 12.1 Å². The van der Waals surface area contributed by atoms with Crippen molar-refractivity contribution in [2.24, 2.45) is 0 Å². The number of pyridine rings is 1. The Bertz CT molecular complexity index is 1420. The van der Waals surface area contributed by atoms with E-state index in [1.165, 1.54) is 48.7 Å². The number of carbonyl (C=O) groups excluding carboxylic acids is 1. The summed E-state index contributed by atoms with van der Waals surface area (Å²) < 4.78 is 52.7. The van der Waals surface area contributed by atoms with E-state index in [-0.39, 0.29) is 37.2 Å². The number of sulfonamides is 2. The quantitative estimate of drug-likeness (QED) is 0.395. The lowest BCUT2D eigenvalue weighted by atomic mass is 10.3. The van der Waals surface area contributed by atoms with Gasteiger partial charge < -0.3 is 5.32 Å². The smallest absolute Gasteiger partial charge is 0.263 e. The Balaban J connectivity index is 1.75. The molecule has 1 heterocycles. The van der Waals surface area contributed by atoms with Crippen LogP contribution in [0, 0.1) is 0 Å². The predicted octanol–water partition coefficient (Wildman–Crippen LogP) is 4.25. The standard InChI is InChI=1S/C20H17Cl3N4O5S2/c1-33(29,30)27(18-11-16(22)15(21)10-17(18)23)12-20(28)25-13-5-7-14(8-6-13)34(31,32)26-19-4-2-3-9-24-19/h2-11H,12H2,1H3,(H,24,26)(H,25,28). The van der Waals surface area contributed by atoms with Crippen LogP contribution in [0.4, 0.5) is 17.2 Å². The highest BCUT2D eigenvalue weighted by Gasteiger charge is 2.24. The van der Waals surface area contributed by atoms with E-state index in [1.807, 2.05) is 0 Å². The van der Waals surface area contributed by atoms with Crippen molar-refractivity contribution in [2.75, 3.05) is 27.1 Å². The molecule has 0 aliphatic rings. The van der Waals surface area contributed by atoms with Crippen molar-refractivity contribution >= 4 is 77.9 Å². The molecule has 0 aliphatic heterocycles. The molecule has 14 heteroatoms. The van der Waals surface area contributed by atoms with E-state index in [0.29, 0.717) is 0 Å². The fraction of sp³-hybridized carbons (Fsp3) is 0.100. The van der Waals surface area contributed by atoms with Crippen molar-refractivity contribution in [1.82, 2.24) is 4.98 Å². The van der Waals surface area contributed by atoms with Crippen molar-refractivity contribution in [1.29, 1.82) is 0 Å². The molecule has 0 radical (unpaired) electrons. The van der Waals surface area contributed by atoms with E-state index in [9.17, 15) is 21.6 Å². The molecule has 180 valence electrons. The zero-order valence-corrected chi connectivity index (χ0v) is 21.3. The fourth-order valence-corrected chi connectivity index (χ4v) is 5.31. The van der Waals surface area contributed by atoms with Gasteiger partial charge in [0.05, 0.1) is 31.9 Å². The summed E-state index contributed by atoms with van der Waals surface area (Å²) in [7, 11) is -7.82. The number of nitrogens with one attached hydrogen (secondary N) is 2. The first-order chi connectivity index (χ1) is 15.9. The molecule has 3 aromatic rings. The Kier molecular flexibility index (Phi) is 7.94. The van der Waals surface area contributed by atoms with Gasteiger partial charge in [-0.15, -0.1) is 0 Å². The maximum atomic E-state index is 12.6. The van der Waals surface area contributed by atoms with Gasteiger partial charge >= 0.3 is 0 Å². The molecule has 2 N–H and O–H groups in total. The molecule has 0 atom stereocenters. The van der Waals surface area contributed by atoms with Crippen LogP contribution in [0.1, 0.15) is 0 Å². The lowest BCUT2D eigenvalue weighted by Crippen LogP contribution is -2.37. The summed E-state index contributed by atoms with van der Waals surface area (Å²) in [5.41, 5.74) is 0.228. The number of rotatable bonds is 8. The first-order valence-corrected chi connectivity index (χ1v) is 13.8. The van der Waals surface area contributed by atoms with Gasteiger partial charge in [0.15, 0.2) is 0 Å². The van der Waals surface area contributed by atoms with Gasteiger partial charge in [-0.2, -0.15) is 0 Å². The Morgan fingerprint density at radius 2 is 1.59 bits per heavy atom. The van der Waals surface area contributed by atoms with Crippen LogP contribution in [0.15, 0.2) is 65.7 Å². The van der Waals surface area contributed by atoms with Gasteiger partial charge in [0.2, 0.25) is 15.9 Å². The van der Waals surface area contributed by atoms with E-state index in [0.717, 1.165) is 10.6 Å². The topological polar surface area (TPSA) is 126 Å². The summed E-state index contributed by atoms with van der Waals surface area (Å²) in [4.78, 5) is 16.4. The average Bonchev–Trinajstić information content (AvgIpc) is 2.75. The highest BCUT2D eigenvalue weighted by atomic mass is 35.5. The largest absolute Gasteiger partial charge is 0.325 e. The molecule has 0 saturated carbocycles. The maximum Gasteiger partial charge on any atom is 0.263 e. The Morgan fingerprint density at radius 3 is 2.18 bits per heavy atom. The summed E-state index contributed by atoms with van der Waals surface area (Å²) in [6.45, 7) is -0.613. The summed E-state index contributed by atoms with van der Waals surface area (Å²) in [6.07, 6.45) is 2.36. The molecule has 9 nitrogen and oxygen atoms in total. The van der Waals surface area contributed by atoms with Gasteiger partial charge in [-0.25, -0.2) is 21.8 Å². The van der Waals surface area contributed by atoms with Crippen LogP contribution in [-0.2, 0) is 24.8 Å². The van der Waals surface area contributed by atoms with Crippen LogP contribution in [-0.4, -0.2) is 40.5 Å². The lowest BCUT2D eigenvalue weighted by Gasteiger charge is -2.23. The summed E-state index contributed by atoms with van der Waals surface area (Å²) in [5, 5.41) is 2.69. The number of halogens is 3. The zero-order chi connectivity index (χ0) is 25.1. The minimum Gasteiger partial charge on any atom is -0.325 e. The molecule has 34 heavy (non-hydrogen) atoms. The van der Waals surface area contributed by atoms with Gasteiger partial charge in [0, 0.05) is 11.9 Å². The summed E-state index contributed by atoms with van der Waals surface area (Å²) in [6, 6.07) is 12.6. The number of benzene rings is 2. The third-order valence-corrected chi connectivity index (χ3v) is 7.82. The number of anilines is 3. The van der Waals surface area contributed by atoms with Crippen LogP contribution >= 0.6 is 34.8 Å². The Morgan fingerprint density at radius 1 is 0.941 bits per heavy atom. The normalized spacial score (nSPS) is 11.6. The third-order valence-electron chi connectivity index (χ3n) is 4.30. The first-order valence-electron chi connectivity index (χ1n) is 9.33. The summed E-state index contributed by atoms with van der Waals surface area (Å²) >= 11 is 18.0. The minimum absolute atomic E-state index is 0.0115. The van der Waals surface area contributed by atoms with Gasteiger partial charge in [0.1, 0.15) is 12.4 Å². The molecule has 0 unspecified atom stereocenters. The molecule has 0 saturated heterocycles. The van der Waals surface area contributed by atoms with Crippen molar-refractivity contribution in [3.8, 4) is 0 Å². The Labute approximate surface area is 211 Å². The van der Waals surface area contributed by atoms with Gasteiger partial charge in [0.25, 0.3) is 10.0 Å². The second-order valence-electron chi connectivity index (χ2n) is 6.88. The maximum absolute atomic E-state index is 12.6. The fourth-order valence-electron chi connectivity index (χ4n) is 2.75. The van der Waals surface area contributed by atoms with Crippen molar-refractivity contribution in [3.05, 3.63) is 75.9 Å². The van der Waals surface area contributed by atoms with E-state index < -0.39 is 32.5 Å². The summed E-state index contributed by atoms with van der Waals surface area (Å²) in [5.74, 6) is -0.545. The van der Waals surface area contributed by atoms with Gasteiger partial charge in [-0.05, 0) is 48.5 Å². The number of amides is 1. The number of nitrogens with zero attached hydrogens (tertiary/aromatic N) is 2. The van der Waals surface area contributed by atoms with E-state index >= 15 is 0 Å². The monoisotopic (exact) mass is 562 g/mol. The lowest BCUT2D eigenvalue weighted by molar-refractivity contribution is -0.114. The van der Waals surface area contributed by atoms with Crippen LogP contribution in [0.5, 0.6) is 0 Å². The van der Waals surface area contributed by atoms with E-state index in [2.05, 4.69) is 15.0 Å². The molecule has 1 amide bonds. The van der Waals surface area contributed by atoms with E-state index in [4.69, 9.17) is 34.8 Å². The second-order valence-corrected chi connectivity index (χ2v) is 11.7. The van der Waals surface area contributed by atoms with Crippen LogP contribution in [0.2, 0.25) is 15.1 Å². The number of hydrogen-bond donors (Lipinski definition) is 2. The number of hydrogen-bond acceptors (Lipinski definition) is 6. The molecule has 0 fully saturated rings. The van der Waals surface area contributed by atoms with Crippen LogP contribution in [0.25, 0.3) is 0 Å². The molecular weight excluding hydrogens is 547 g/mol. The molecule has 0 aliphatic carbocycles. The highest BCUT2D eigenvalue weighted by molar-refractivity contribution is 7.92. The van der Waals surface area contributed by atoms with Crippen LogP contribution in [0.3, 0.4) is 0 Å². The molecule has 1 aromatic heterocycles. The SMILES string of the molecule is CS(=O)(=O)N(CC(=O)Nc1ccc(S(=O)(=O)Nc2ccccn2)cc1)c1cc(Cl)c(Cl)cc1Cl. The van der Waals surface area contributed by atoms with Crippen molar-refractivity contribution < 1.29 is 21.6 Å². The molecular formula is C20H17Cl3N4O5S2. The zero-order valence-electron chi connectivity index (χ0n) is 17.4. The van der Waals surface area contributed by atoms with Crippen LogP contribution < -0.4 is 14.3 Å². The first kappa shape index (κ1) is 26.0. The highest BCUT2D eigenvalue weighted by Crippen LogP contribution is 2.35. The Hall–Kier alpha value is -2.57. The third kappa shape index (κ3) is 6.51. The average molecular weight is 564 g/mol.